The number of carbonyl (C=O) groups excluding carboxylic acids is 1. The van der Waals surface area contributed by atoms with Gasteiger partial charge in [-0.3, -0.25) is 9.10 Å². The predicted octanol–water partition coefficient (Wildman–Crippen LogP) is 3.50. The number of nitrogens with zero attached hydrogens (tertiary/aromatic N) is 2. The van der Waals surface area contributed by atoms with Crippen LogP contribution in [0.25, 0.3) is 0 Å². The third-order valence-corrected chi connectivity index (χ3v) is 6.81. The van der Waals surface area contributed by atoms with Crippen molar-refractivity contribution in [3.05, 3.63) is 59.7 Å². The van der Waals surface area contributed by atoms with E-state index in [-0.39, 0.29) is 5.91 Å². The zero-order chi connectivity index (χ0) is 22.3. The molecule has 2 aromatic rings. The number of rotatable bonds is 10. The van der Waals surface area contributed by atoms with Gasteiger partial charge in [0.25, 0.3) is 0 Å². The molecule has 0 aliphatic carbocycles. The molecule has 7 heteroatoms. The Morgan fingerprint density at radius 2 is 1.84 bits per heavy atom. The molecule has 0 radical (unpaired) electrons. The highest BCUT2D eigenvalue weighted by molar-refractivity contribution is 7.92. The summed E-state index contributed by atoms with van der Waals surface area (Å²) in [4.78, 5) is 14.6. The molecule has 2 aromatic carbocycles. The van der Waals surface area contributed by atoms with Crippen LogP contribution in [0.2, 0.25) is 0 Å². The summed E-state index contributed by atoms with van der Waals surface area (Å²) >= 11 is 0. The van der Waals surface area contributed by atoms with Crippen molar-refractivity contribution in [3.63, 3.8) is 0 Å². The molecule has 6 nitrogen and oxygen atoms in total. The summed E-state index contributed by atoms with van der Waals surface area (Å²) in [6.07, 6.45) is 5.18. The lowest BCUT2D eigenvalue weighted by atomic mass is 10.0. The van der Waals surface area contributed by atoms with Gasteiger partial charge in [0.2, 0.25) is 15.9 Å². The summed E-state index contributed by atoms with van der Waals surface area (Å²) in [6.45, 7) is 4.87. The summed E-state index contributed by atoms with van der Waals surface area (Å²) in [5.74, 6) is -0.0311. The van der Waals surface area contributed by atoms with Gasteiger partial charge >= 0.3 is 0 Å². The van der Waals surface area contributed by atoms with Crippen LogP contribution in [0.5, 0.6) is 0 Å². The number of para-hydroxylation sites is 1. The minimum atomic E-state index is -3.39. The Labute approximate surface area is 186 Å². The zero-order valence-electron chi connectivity index (χ0n) is 18.5. The summed E-state index contributed by atoms with van der Waals surface area (Å²) < 4.78 is 25.7. The Balaban J connectivity index is 1.39. The standard InChI is InChI=1S/C24H33N3O3S/c1-20-12-14-22(15-13-20)27(31(2,29)30)19-6-11-24(28)25-16-7-18-26-17-5-9-21-8-3-4-10-23(21)26/h3-4,8,10,12-15H,5-7,9,11,16-19H2,1-2H3,(H,25,28). The number of benzene rings is 2. The molecule has 0 fully saturated rings. The first kappa shape index (κ1) is 23.1. The predicted molar refractivity (Wildman–Crippen MR) is 127 cm³/mol. The number of aryl methyl sites for hydroxylation is 2. The van der Waals surface area contributed by atoms with Crippen molar-refractivity contribution < 1.29 is 13.2 Å². The first-order valence-corrected chi connectivity index (χ1v) is 12.8. The fraction of sp³-hybridized carbons (Fsp3) is 0.458. The Hall–Kier alpha value is -2.54. The Morgan fingerprint density at radius 3 is 2.58 bits per heavy atom. The van der Waals surface area contributed by atoms with Crippen LogP contribution in [0.1, 0.15) is 36.8 Å². The lowest BCUT2D eigenvalue weighted by Crippen LogP contribution is -2.34. The molecule has 0 atom stereocenters. The fourth-order valence-electron chi connectivity index (χ4n) is 4.01. The van der Waals surface area contributed by atoms with E-state index in [1.165, 1.54) is 28.2 Å². The molecule has 0 aromatic heterocycles. The molecule has 0 bridgehead atoms. The van der Waals surface area contributed by atoms with Crippen molar-refractivity contribution in [1.82, 2.24) is 5.32 Å². The SMILES string of the molecule is Cc1ccc(N(CCCC(=O)NCCCN2CCCc3ccccc32)S(C)(=O)=O)cc1. The van der Waals surface area contributed by atoms with E-state index in [4.69, 9.17) is 0 Å². The molecular weight excluding hydrogens is 410 g/mol. The Bertz CT molecular complexity index is 974. The van der Waals surface area contributed by atoms with Crippen molar-refractivity contribution in [3.8, 4) is 0 Å². The Morgan fingerprint density at radius 1 is 1.10 bits per heavy atom. The maximum Gasteiger partial charge on any atom is 0.232 e. The van der Waals surface area contributed by atoms with Crippen LogP contribution in [0.4, 0.5) is 11.4 Å². The summed E-state index contributed by atoms with van der Waals surface area (Å²) in [7, 11) is -3.39. The number of amides is 1. The van der Waals surface area contributed by atoms with Crippen LogP contribution in [0, 0.1) is 6.92 Å². The quantitative estimate of drug-likeness (QED) is 0.571. The van der Waals surface area contributed by atoms with Gasteiger partial charge in [-0.15, -0.1) is 0 Å². The maximum atomic E-state index is 12.2. The van der Waals surface area contributed by atoms with Crippen molar-refractivity contribution in [2.24, 2.45) is 0 Å². The second kappa shape index (κ2) is 10.7. The number of carbonyl (C=O) groups is 1. The third kappa shape index (κ3) is 6.72. The van der Waals surface area contributed by atoms with Crippen LogP contribution in [-0.4, -0.2) is 46.8 Å². The van der Waals surface area contributed by atoms with Gasteiger partial charge in [-0.1, -0.05) is 35.9 Å². The molecule has 1 amide bonds. The van der Waals surface area contributed by atoms with E-state index < -0.39 is 10.0 Å². The topological polar surface area (TPSA) is 69.7 Å². The van der Waals surface area contributed by atoms with Gasteiger partial charge in [0.15, 0.2) is 0 Å². The third-order valence-electron chi connectivity index (χ3n) is 5.62. The Kier molecular flexibility index (Phi) is 7.96. The molecule has 1 aliphatic heterocycles. The number of nitrogens with one attached hydrogen (secondary N) is 1. The first-order valence-electron chi connectivity index (χ1n) is 11.0. The van der Waals surface area contributed by atoms with E-state index in [9.17, 15) is 13.2 Å². The lowest BCUT2D eigenvalue weighted by Gasteiger charge is -2.31. The average Bonchev–Trinajstić information content (AvgIpc) is 2.74. The highest BCUT2D eigenvalue weighted by Crippen LogP contribution is 2.26. The van der Waals surface area contributed by atoms with Gasteiger partial charge in [-0.2, -0.15) is 0 Å². The number of hydrogen-bond donors (Lipinski definition) is 1. The molecule has 1 heterocycles. The molecule has 1 aliphatic rings. The largest absolute Gasteiger partial charge is 0.371 e. The van der Waals surface area contributed by atoms with Crippen LogP contribution in [0.15, 0.2) is 48.5 Å². The number of sulfonamides is 1. The molecule has 0 unspecified atom stereocenters. The smallest absolute Gasteiger partial charge is 0.232 e. The van der Waals surface area contributed by atoms with Gasteiger partial charge < -0.3 is 10.2 Å². The molecule has 0 saturated heterocycles. The zero-order valence-corrected chi connectivity index (χ0v) is 19.3. The molecule has 0 saturated carbocycles. The minimum Gasteiger partial charge on any atom is -0.371 e. The highest BCUT2D eigenvalue weighted by atomic mass is 32.2. The van der Waals surface area contributed by atoms with Gasteiger partial charge in [-0.05, 0) is 56.4 Å². The molecule has 0 spiro atoms. The molecular formula is C24H33N3O3S. The van der Waals surface area contributed by atoms with Crippen LogP contribution >= 0.6 is 0 Å². The first-order chi connectivity index (χ1) is 14.8. The number of fused-ring (bicyclic) bond motifs is 1. The van der Waals surface area contributed by atoms with Crippen LogP contribution in [-0.2, 0) is 21.2 Å². The van der Waals surface area contributed by atoms with E-state index in [1.54, 1.807) is 12.1 Å². The van der Waals surface area contributed by atoms with E-state index in [0.717, 1.165) is 31.5 Å². The highest BCUT2D eigenvalue weighted by Gasteiger charge is 2.18. The monoisotopic (exact) mass is 443 g/mol. The van der Waals surface area contributed by atoms with Crippen molar-refractivity contribution >= 4 is 27.3 Å². The summed E-state index contributed by atoms with van der Waals surface area (Å²) in [5.41, 5.74) is 4.43. The normalized spacial score (nSPS) is 13.5. The molecule has 168 valence electrons. The number of anilines is 2. The number of hydrogen-bond acceptors (Lipinski definition) is 4. The van der Waals surface area contributed by atoms with Crippen molar-refractivity contribution in [2.45, 2.75) is 39.0 Å². The van der Waals surface area contributed by atoms with Crippen LogP contribution in [0.3, 0.4) is 0 Å². The van der Waals surface area contributed by atoms with E-state index in [1.807, 2.05) is 19.1 Å². The second-order valence-corrected chi connectivity index (χ2v) is 10.1. The molecule has 31 heavy (non-hydrogen) atoms. The average molecular weight is 444 g/mol. The summed E-state index contributed by atoms with van der Waals surface area (Å²) in [5, 5.41) is 2.97. The van der Waals surface area contributed by atoms with Gasteiger partial charge in [0.1, 0.15) is 0 Å². The van der Waals surface area contributed by atoms with Crippen LogP contribution < -0.4 is 14.5 Å². The summed E-state index contributed by atoms with van der Waals surface area (Å²) in [6, 6.07) is 15.9. The van der Waals surface area contributed by atoms with E-state index in [0.29, 0.717) is 31.6 Å². The maximum absolute atomic E-state index is 12.2. The fourth-order valence-corrected chi connectivity index (χ4v) is 4.98. The van der Waals surface area contributed by atoms with Crippen molar-refractivity contribution in [1.29, 1.82) is 0 Å². The lowest BCUT2D eigenvalue weighted by molar-refractivity contribution is -0.121. The molecule has 3 rings (SSSR count). The van der Waals surface area contributed by atoms with Gasteiger partial charge in [0.05, 0.1) is 11.9 Å². The molecule has 1 N–H and O–H groups in total. The van der Waals surface area contributed by atoms with Gasteiger partial charge in [-0.25, -0.2) is 8.42 Å². The van der Waals surface area contributed by atoms with E-state index >= 15 is 0 Å². The van der Waals surface area contributed by atoms with Gasteiger partial charge in [0, 0.05) is 38.3 Å². The second-order valence-electron chi connectivity index (χ2n) is 8.20. The minimum absolute atomic E-state index is 0.0311. The van der Waals surface area contributed by atoms with Crippen molar-refractivity contribution in [2.75, 3.05) is 41.6 Å². The van der Waals surface area contributed by atoms with E-state index in [2.05, 4.69) is 34.5 Å².